The summed E-state index contributed by atoms with van der Waals surface area (Å²) < 4.78 is 0. The van der Waals surface area contributed by atoms with Gasteiger partial charge in [-0.05, 0) is 36.5 Å². The van der Waals surface area contributed by atoms with Crippen molar-refractivity contribution < 1.29 is 9.72 Å². The van der Waals surface area contributed by atoms with Gasteiger partial charge in [-0.1, -0.05) is 29.3 Å². The highest BCUT2D eigenvalue weighted by molar-refractivity contribution is 7.80. The Kier molecular flexibility index (Phi) is 5.49. The standard InChI is InChI=1S/C14H9Cl2N3O3S/c15-9-4-5-11(16)12(7-9)17-14(23)18-13(20)8-2-1-3-10(6-8)19(21)22/h1-7H,(H2,17,18,20,23). The van der Waals surface area contributed by atoms with E-state index in [-0.39, 0.29) is 16.4 Å². The van der Waals surface area contributed by atoms with Crippen LogP contribution in [-0.2, 0) is 0 Å². The topological polar surface area (TPSA) is 84.3 Å². The maximum absolute atomic E-state index is 12.1. The summed E-state index contributed by atoms with van der Waals surface area (Å²) in [5.41, 5.74) is 0.360. The number of non-ortho nitro benzene ring substituents is 1. The highest BCUT2D eigenvalue weighted by Crippen LogP contribution is 2.25. The van der Waals surface area contributed by atoms with Crippen molar-refractivity contribution in [3.05, 3.63) is 68.2 Å². The molecule has 2 aromatic carbocycles. The number of amides is 1. The predicted molar refractivity (Wildman–Crippen MR) is 93.2 cm³/mol. The Morgan fingerprint density at radius 2 is 1.91 bits per heavy atom. The first-order chi connectivity index (χ1) is 10.9. The zero-order valence-electron chi connectivity index (χ0n) is 11.4. The molecule has 0 aliphatic rings. The van der Waals surface area contributed by atoms with E-state index in [1.165, 1.54) is 18.2 Å². The van der Waals surface area contributed by atoms with Gasteiger partial charge >= 0.3 is 0 Å². The summed E-state index contributed by atoms with van der Waals surface area (Å²) in [6.45, 7) is 0. The van der Waals surface area contributed by atoms with Crippen molar-refractivity contribution in [3.8, 4) is 0 Å². The van der Waals surface area contributed by atoms with Gasteiger partial charge in [-0.25, -0.2) is 0 Å². The van der Waals surface area contributed by atoms with Gasteiger partial charge in [-0.2, -0.15) is 0 Å². The van der Waals surface area contributed by atoms with Crippen molar-refractivity contribution in [1.29, 1.82) is 0 Å². The monoisotopic (exact) mass is 369 g/mol. The second-order valence-corrected chi connectivity index (χ2v) is 5.59. The number of nitrogens with one attached hydrogen (secondary N) is 2. The summed E-state index contributed by atoms with van der Waals surface area (Å²) >= 11 is 16.9. The number of carbonyl (C=O) groups is 1. The molecule has 0 fully saturated rings. The maximum Gasteiger partial charge on any atom is 0.270 e. The van der Waals surface area contributed by atoms with Crippen LogP contribution in [0, 0.1) is 10.1 Å². The molecular formula is C14H9Cl2N3O3S. The highest BCUT2D eigenvalue weighted by atomic mass is 35.5. The SMILES string of the molecule is O=C(NC(=S)Nc1cc(Cl)ccc1Cl)c1cccc([N+](=O)[O-])c1. The number of thiocarbonyl (C=S) groups is 1. The lowest BCUT2D eigenvalue weighted by Gasteiger charge is -2.11. The minimum atomic E-state index is -0.584. The van der Waals surface area contributed by atoms with Crippen LogP contribution in [0.25, 0.3) is 0 Å². The summed E-state index contributed by atoms with van der Waals surface area (Å²) in [4.78, 5) is 22.2. The number of nitro groups is 1. The Morgan fingerprint density at radius 3 is 2.61 bits per heavy atom. The van der Waals surface area contributed by atoms with E-state index in [1.54, 1.807) is 18.2 Å². The predicted octanol–water partition coefficient (Wildman–Crippen LogP) is 4.03. The average molecular weight is 370 g/mol. The summed E-state index contributed by atoms with van der Waals surface area (Å²) in [5.74, 6) is -0.579. The van der Waals surface area contributed by atoms with Crippen LogP contribution in [-0.4, -0.2) is 15.9 Å². The molecule has 2 N–H and O–H groups in total. The van der Waals surface area contributed by atoms with Crippen molar-refractivity contribution >= 4 is 57.8 Å². The first-order valence-electron chi connectivity index (χ1n) is 6.18. The molecule has 2 rings (SSSR count). The van der Waals surface area contributed by atoms with E-state index in [9.17, 15) is 14.9 Å². The summed E-state index contributed by atoms with van der Waals surface area (Å²) in [5, 5.41) is 16.7. The molecule has 0 saturated carbocycles. The molecule has 0 spiro atoms. The molecule has 6 nitrogen and oxygen atoms in total. The fourth-order valence-electron chi connectivity index (χ4n) is 1.68. The van der Waals surface area contributed by atoms with Crippen molar-refractivity contribution in [3.63, 3.8) is 0 Å². The number of nitro benzene ring substituents is 1. The fourth-order valence-corrected chi connectivity index (χ4v) is 2.22. The molecule has 2 aromatic rings. The zero-order valence-corrected chi connectivity index (χ0v) is 13.7. The Balaban J connectivity index is 2.08. The molecule has 0 heterocycles. The van der Waals surface area contributed by atoms with Crippen LogP contribution in [0.1, 0.15) is 10.4 Å². The quantitative estimate of drug-likeness (QED) is 0.484. The van der Waals surface area contributed by atoms with E-state index in [0.29, 0.717) is 15.7 Å². The van der Waals surface area contributed by atoms with Gasteiger partial charge in [-0.3, -0.25) is 20.2 Å². The van der Waals surface area contributed by atoms with Gasteiger partial charge in [0.1, 0.15) is 0 Å². The first-order valence-corrected chi connectivity index (χ1v) is 7.35. The van der Waals surface area contributed by atoms with Gasteiger partial charge in [0.2, 0.25) is 0 Å². The molecule has 23 heavy (non-hydrogen) atoms. The minimum Gasteiger partial charge on any atom is -0.331 e. The number of rotatable bonds is 3. The summed E-state index contributed by atoms with van der Waals surface area (Å²) in [6, 6.07) is 10.0. The molecule has 0 bridgehead atoms. The number of benzene rings is 2. The van der Waals surface area contributed by atoms with Gasteiger partial charge in [0.15, 0.2) is 5.11 Å². The number of nitrogens with zero attached hydrogens (tertiary/aromatic N) is 1. The van der Waals surface area contributed by atoms with Crippen LogP contribution in [0.15, 0.2) is 42.5 Å². The van der Waals surface area contributed by atoms with Crippen LogP contribution in [0.2, 0.25) is 10.0 Å². The fraction of sp³-hybridized carbons (Fsp3) is 0. The van der Waals surface area contributed by atoms with Gasteiger partial charge in [-0.15, -0.1) is 0 Å². The molecule has 0 unspecified atom stereocenters. The van der Waals surface area contributed by atoms with Crippen molar-refractivity contribution in [2.45, 2.75) is 0 Å². The molecule has 0 atom stereocenters. The summed E-state index contributed by atoms with van der Waals surface area (Å²) in [7, 11) is 0. The molecule has 0 aliphatic heterocycles. The Morgan fingerprint density at radius 1 is 1.17 bits per heavy atom. The van der Waals surface area contributed by atoms with E-state index in [2.05, 4.69) is 10.6 Å². The van der Waals surface area contributed by atoms with Crippen LogP contribution in [0.5, 0.6) is 0 Å². The molecule has 118 valence electrons. The normalized spacial score (nSPS) is 10.0. The smallest absolute Gasteiger partial charge is 0.270 e. The van der Waals surface area contributed by atoms with Crippen LogP contribution in [0.4, 0.5) is 11.4 Å². The number of hydrogen-bond donors (Lipinski definition) is 2. The zero-order chi connectivity index (χ0) is 17.0. The molecular weight excluding hydrogens is 361 g/mol. The lowest BCUT2D eigenvalue weighted by Crippen LogP contribution is -2.34. The second-order valence-electron chi connectivity index (χ2n) is 4.34. The molecule has 0 aromatic heterocycles. The van der Waals surface area contributed by atoms with Crippen LogP contribution < -0.4 is 10.6 Å². The lowest BCUT2D eigenvalue weighted by atomic mass is 10.2. The Bertz CT molecular complexity index is 799. The molecule has 0 saturated heterocycles. The summed E-state index contributed by atoms with van der Waals surface area (Å²) in [6.07, 6.45) is 0. The minimum absolute atomic E-state index is 0.00864. The third-order valence-electron chi connectivity index (χ3n) is 2.72. The third-order valence-corrected chi connectivity index (χ3v) is 3.49. The highest BCUT2D eigenvalue weighted by Gasteiger charge is 2.13. The van der Waals surface area contributed by atoms with Gasteiger partial charge in [0.25, 0.3) is 11.6 Å². The third kappa shape index (κ3) is 4.62. The Labute approximate surface area is 146 Å². The van der Waals surface area contributed by atoms with Crippen LogP contribution >= 0.6 is 35.4 Å². The van der Waals surface area contributed by atoms with Crippen molar-refractivity contribution in [2.75, 3.05) is 5.32 Å². The lowest BCUT2D eigenvalue weighted by molar-refractivity contribution is -0.384. The largest absolute Gasteiger partial charge is 0.331 e. The number of hydrogen-bond acceptors (Lipinski definition) is 4. The second kappa shape index (κ2) is 7.36. The molecule has 0 aliphatic carbocycles. The number of carbonyl (C=O) groups excluding carboxylic acids is 1. The van der Waals surface area contributed by atoms with E-state index in [1.807, 2.05) is 0 Å². The molecule has 1 amide bonds. The maximum atomic E-state index is 12.1. The van der Waals surface area contributed by atoms with Gasteiger partial charge < -0.3 is 5.32 Å². The Hall–Kier alpha value is -2.22. The van der Waals surface area contributed by atoms with Crippen LogP contribution in [0.3, 0.4) is 0 Å². The van der Waals surface area contributed by atoms with Crippen molar-refractivity contribution in [1.82, 2.24) is 5.32 Å². The van der Waals surface area contributed by atoms with Gasteiger partial charge in [0.05, 0.1) is 15.6 Å². The van der Waals surface area contributed by atoms with E-state index in [0.717, 1.165) is 6.07 Å². The first kappa shape index (κ1) is 17.1. The van der Waals surface area contributed by atoms with E-state index in [4.69, 9.17) is 35.4 Å². The molecule has 9 heteroatoms. The average Bonchev–Trinajstić information content (AvgIpc) is 2.51. The van der Waals surface area contributed by atoms with Crippen molar-refractivity contribution in [2.24, 2.45) is 0 Å². The van der Waals surface area contributed by atoms with E-state index >= 15 is 0 Å². The number of anilines is 1. The molecule has 0 radical (unpaired) electrons. The van der Waals surface area contributed by atoms with Gasteiger partial charge in [0, 0.05) is 22.7 Å². The number of halogens is 2. The van der Waals surface area contributed by atoms with E-state index < -0.39 is 10.8 Å².